The molecule has 1 heterocycles. The summed E-state index contributed by atoms with van der Waals surface area (Å²) >= 11 is 3.51. The molecule has 0 saturated carbocycles. The number of nitrogens with zero attached hydrogens (tertiary/aromatic N) is 1. The molecule has 1 saturated heterocycles. The van der Waals surface area contributed by atoms with Gasteiger partial charge in [0.25, 0.3) is 0 Å². The molecule has 1 aliphatic rings. The van der Waals surface area contributed by atoms with Crippen molar-refractivity contribution in [2.75, 3.05) is 13.1 Å². The van der Waals surface area contributed by atoms with Gasteiger partial charge in [0.05, 0.1) is 0 Å². The molecule has 0 radical (unpaired) electrons. The highest BCUT2D eigenvalue weighted by molar-refractivity contribution is 9.10. The summed E-state index contributed by atoms with van der Waals surface area (Å²) in [4.78, 5) is 2.67. The number of rotatable bonds is 5. The second-order valence-corrected chi connectivity index (χ2v) is 7.17. The van der Waals surface area contributed by atoms with Crippen LogP contribution in [0, 0.1) is 5.92 Å². The lowest BCUT2D eigenvalue weighted by molar-refractivity contribution is 0.0997. The van der Waals surface area contributed by atoms with Gasteiger partial charge in [0.1, 0.15) is 0 Å². The molecule has 3 heteroatoms. The highest BCUT2D eigenvalue weighted by Crippen LogP contribution is 2.20. The minimum atomic E-state index is 0.624. The molecule has 1 fully saturated rings. The summed E-state index contributed by atoms with van der Waals surface area (Å²) in [7, 11) is 0. The predicted octanol–water partition coefficient (Wildman–Crippen LogP) is 4.05. The fraction of sp³-hybridized carbons (Fsp3) is 0.647. The first-order chi connectivity index (χ1) is 9.60. The number of hydrogen-bond donors (Lipinski definition) is 1. The van der Waals surface area contributed by atoms with E-state index in [4.69, 9.17) is 0 Å². The molecule has 0 aromatic heterocycles. The smallest absolute Gasteiger partial charge is 0.0237 e. The lowest BCUT2D eigenvalue weighted by Crippen LogP contribution is -2.57. The predicted molar refractivity (Wildman–Crippen MR) is 89.9 cm³/mol. The molecule has 1 aromatic rings. The molecule has 0 aliphatic carbocycles. The summed E-state index contributed by atoms with van der Waals surface area (Å²) in [6.07, 6.45) is 2.55. The van der Waals surface area contributed by atoms with E-state index in [1.54, 1.807) is 0 Å². The van der Waals surface area contributed by atoms with Crippen molar-refractivity contribution >= 4 is 15.9 Å². The molecular formula is C17H27BrN2. The molecule has 20 heavy (non-hydrogen) atoms. The Hall–Kier alpha value is -0.380. The zero-order valence-corrected chi connectivity index (χ0v) is 14.5. The summed E-state index contributed by atoms with van der Waals surface area (Å²) in [5, 5.41) is 3.73. The van der Waals surface area contributed by atoms with E-state index in [0.717, 1.165) is 17.6 Å². The SMILES string of the molecule is CCCC1CNC(C(C)C)CN1Cc1ccc(Br)cc1. The first-order valence-electron chi connectivity index (χ1n) is 7.82. The Labute approximate surface area is 132 Å². The quantitative estimate of drug-likeness (QED) is 0.871. The van der Waals surface area contributed by atoms with Crippen LogP contribution >= 0.6 is 15.9 Å². The third-order valence-electron chi connectivity index (χ3n) is 4.29. The van der Waals surface area contributed by atoms with Crippen LogP contribution in [-0.2, 0) is 6.54 Å². The molecule has 1 N–H and O–H groups in total. The highest BCUT2D eigenvalue weighted by Gasteiger charge is 2.28. The van der Waals surface area contributed by atoms with Crippen molar-refractivity contribution in [3.8, 4) is 0 Å². The van der Waals surface area contributed by atoms with Crippen LogP contribution in [0.4, 0.5) is 0 Å². The second kappa shape index (κ2) is 7.58. The summed E-state index contributed by atoms with van der Waals surface area (Å²) in [6.45, 7) is 10.3. The van der Waals surface area contributed by atoms with E-state index in [-0.39, 0.29) is 0 Å². The molecule has 1 aromatic carbocycles. The Morgan fingerprint density at radius 3 is 2.60 bits per heavy atom. The van der Waals surface area contributed by atoms with Gasteiger partial charge in [-0.15, -0.1) is 0 Å². The number of benzene rings is 1. The first-order valence-corrected chi connectivity index (χ1v) is 8.61. The maximum absolute atomic E-state index is 3.73. The van der Waals surface area contributed by atoms with Crippen molar-refractivity contribution in [3.05, 3.63) is 34.3 Å². The molecule has 1 aliphatic heterocycles. The van der Waals surface area contributed by atoms with Crippen molar-refractivity contribution < 1.29 is 0 Å². The lowest BCUT2D eigenvalue weighted by Gasteiger charge is -2.42. The summed E-state index contributed by atoms with van der Waals surface area (Å²) in [5.41, 5.74) is 1.42. The van der Waals surface area contributed by atoms with E-state index < -0.39 is 0 Å². The van der Waals surface area contributed by atoms with Crippen LogP contribution in [0.2, 0.25) is 0 Å². The Morgan fingerprint density at radius 1 is 1.30 bits per heavy atom. The van der Waals surface area contributed by atoms with Crippen molar-refractivity contribution in [2.24, 2.45) is 5.92 Å². The van der Waals surface area contributed by atoms with Crippen molar-refractivity contribution in [3.63, 3.8) is 0 Å². The van der Waals surface area contributed by atoms with E-state index in [1.165, 1.54) is 24.9 Å². The third-order valence-corrected chi connectivity index (χ3v) is 4.82. The van der Waals surface area contributed by atoms with E-state index in [1.807, 2.05) is 0 Å². The number of piperazine rings is 1. The molecule has 2 atom stereocenters. The van der Waals surface area contributed by atoms with Crippen LogP contribution in [0.1, 0.15) is 39.2 Å². The summed E-state index contributed by atoms with van der Waals surface area (Å²) in [6, 6.07) is 10.1. The van der Waals surface area contributed by atoms with Gasteiger partial charge in [-0.05, 0) is 30.0 Å². The molecule has 0 bridgehead atoms. The molecule has 2 unspecified atom stereocenters. The minimum Gasteiger partial charge on any atom is -0.311 e. The van der Waals surface area contributed by atoms with Crippen molar-refractivity contribution in [1.29, 1.82) is 0 Å². The van der Waals surface area contributed by atoms with Crippen LogP contribution in [-0.4, -0.2) is 30.1 Å². The largest absolute Gasteiger partial charge is 0.311 e. The Kier molecular flexibility index (Phi) is 6.06. The van der Waals surface area contributed by atoms with E-state index in [0.29, 0.717) is 18.0 Å². The average molecular weight is 339 g/mol. The lowest BCUT2D eigenvalue weighted by atomic mass is 9.97. The van der Waals surface area contributed by atoms with Gasteiger partial charge in [0.2, 0.25) is 0 Å². The van der Waals surface area contributed by atoms with Crippen LogP contribution in [0.25, 0.3) is 0 Å². The zero-order valence-electron chi connectivity index (χ0n) is 12.9. The number of hydrogen-bond acceptors (Lipinski definition) is 2. The van der Waals surface area contributed by atoms with Gasteiger partial charge in [-0.3, -0.25) is 4.90 Å². The maximum Gasteiger partial charge on any atom is 0.0237 e. The summed E-state index contributed by atoms with van der Waals surface area (Å²) < 4.78 is 1.16. The molecule has 2 rings (SSSR count). The molecule has 0 spiro atoms. The fourth-order valence-electron chi connectivity index (χ4n) is 2.97. The van der Waals surface area contributed by atoms with E-state index in [2.05, 4.69) is 71.2 Å². The number of nitrogens with one attached hydrogen (secondary N) is 1. The zero-order chi connectivity index (χ0) is 14.5. The number of halogens is 1. The van der Waals surface area contributed by atoms with Gasteiger partial charge >= 0.3 is 0 Å². The van der Waals surface area contributed by atoms with Gasteiger partial charge in [-0.2, -0.15) is 0 Å². The summed E-state index contributed by atoms with van der Waals surface area (Å²) in [5.74, 6) is 0.699. The maximum atomic E-state index is 3.73. The minimum absolute atomic E-state index is 0.624. The monoisotopic (exact) mass is 338 g/mol. The molecule has 2 nitrogen and oxygen atoms in total. The standard InChI is InChI=1S/C17H27BrN2/c1-4-5-16-10-19-17(13(2)3)12-20(16)11-14-6-8-15(18)9-7-14/h6-9,13,16-17,19H,4-5,10-12H2,1-3H3. The van der Waals surface area contributed by atoms with Crippen LogP contribution in [0.3, 0.4) is 0 Å². The van der Waals surface area contributed by atoms with Crippen molar-refractivity contribution in [1.82, 2.24) is 10.2 Å². The van der Waals surface area contributed by atoms with Gasteiger partial charge < -0.3 is 5.32 Å². The van der Waals surface area contributed by atoms with Gasteiger partial charge in [-0.25, -0.2) is 0 Å². The van der Waals surface area contributed by atoms with Gasteiger partial charge in [-0.1, -0.05) is 55.3 Å². The average Bonchev–Trinajstić information content (AvgIpc) is 2.43. The third kappa shape index (κ3) is 4.31. The molecule has 112 valence electrons. The van der Waals surface area contributed by atoms with E-state index >= 15 is 0 Å². The Balaban J connectivity index is 2.04. The fourth-order valence-corrected chi connectivity index (χ4v) is 3.23. The topological polar surface area (TPSA) is 15.3 Å². The van der Waals surface area contributed by atoms with Crippen LogP contribution < -0.4 is 5.32 Å². The second-order valence-electron chi connectivity index (χ2n) is 6.26. The molecular weight excluding hydrogens is 312 g/mol. The first kappa shape index (κ1) is 16.0. The highest BCUT2D eigenvalue weighted by atomic mass is 79.9. The van der Waals surface area contributed by atoms with Gasteiger partial charge in [0, 0.05) is 36.2 Å². The Morgan fingerprint density at radius 2 is 2.00 bits per heavy atom. The van der Waals surface area contributed by atoms with Crippen LogP contribution in [0.15, 0.2) is 28.7 Å². The normalized spacial score (nSPS) is 24.2. The van der Waals surface area contributed by atoms with Gasteiger partial charge in [0.15, 0.2) is 0 Å². The Bertz CT molecular complexity index is 402. The van der Waals surface area contributed by atoms with Crippen molar-refractivity contribution in [2.45, 2.75) is 52.2 Å². The van der Waals surface area contributed by atoms with Crippen LogP contribution in [0.5, 0.6) is 0 Å². The van der Waals surface area contributed by atoms with E-state index in [9.17, 15) is 0 Å². The molecule has 0 amide bonds.